The minimum absolute atomic E-state index is 0.141. The van der Waals surface area contributed by atoms with Crippen molar-refractivity contribution in [3.63, 3.8) is 0 Å². The van der Waals surface area contributed by atoms with E-state index in [2.05, 4.69) is 10.1 Å². The highest BCUT2D eigenvalue weighted by molar-refractivity contribution is 4.94. The third-order valence-corrected chi connectivity index (χ3v) is 2.17. The molecule has 0 spiro atoms. The van der Waals surface area contributed by atoms with E-state index in [4.69, 9.17) is 19.7 Å². The summed E-state index contributed by atoms with van der Waals surface area (Å²) in [5.41, 5.74) is 5.48. The van der Waals surface area contributed by atoms with Crippen molar-refractivity contribution in [3.8, 4) is 0 Å². The molecular formula is C9H17N3O3. The largest absolute Gasteiger partial charge is 0.373 e. The first-order valence-electron chi connectivity index (χ1n) is 4.85. The Morgan fingerprint density at radius 1 is 1.33 bits per heavy atom. The fraction of sp³-hybridized carbons (Fsp3) is 0.778. The number of rotatable bonds is 6. The zero-order valence-electron chi connectivity index (χ0n) is 9.27. The van der Waals surface area contributed by atoms with E-state index in [1.54, 1.807) is 14.2 Å². The molecule has 0 aliphatic carbocycles. The minimum Gasteiger partial charge on any atom is -0.373 e. The lowest BCUT2D eigenvalue weighted by molar-refractivity contribution is 0.0799. The molecule has 1 aromatic heterocycles. The Morgan fingerprint density at radius 3 is 2.47 bits per heavy atom. The normalized spacial score (nSPS) is 15.2. The summed E-state index contributed by atoms with van der Waals surface area (Å²) in [7, 11) is 3.16. The van der Waals surface area contributed by atoms with Crippen molar-refractivity contribution in [3.05, 3.63) is 11.7 Å². The zero-order chi connectivity index (χ0) is 11.3. The van der Waals surface area contributed by atoms with Crippen molar-refractivity contribution in [2.24, 2.45) is 5.73 Å². The van der Waals surface area contributed by atoms with Gasteiger partial charge in [0.2, 0.25) is 5.82 Å². The summed E-state index contributed by atoms with van der Waals surface area (Å²) in [6.07, 6.45) is 0.300. The maximum absolute atomic E-state index is 5.48. The molecule has 6 heteroatoms. The quantitative estimate of drug-likeness (QED) is 0.756. The first kappa shape index (κ1) is 12.1. The van der Waals surface area contributed by atoms with E-state index in [-0.39, 0.29) is 12.2 Å². The molecule has 0 bridgehead atoms. The maximum atomic E-state index is 5.48. The van der Waals surface area contributed by atoms with Crippen LogP contribution in [0.2, 0.25) is 0 Å². The number of ether oxygens (including phenoxy) is 2. The fourth-order valence-corrected chi connectivity index (χ4v) is 1.26. The minimum atomic E-state index is -0.347. The predicted molar refractivity (Wildman–Crippen MR) is 53.1 cm³/mol. The average molecular weight is 215 g/mol. The molecular weight excluding hydrogens is 198 g/mol. The van der Waals surface area contributed by atoms with Crippen LogP contribution < -0.4 is 5.73 Å². The van der Waals surface area contributed by atoms with Gasteiger partial charge in [0.15, 0.2) is 0 Å². The molecule has 0 aliphatic rings. The van der Waals surface area contributed by atoms with E-state index in [0.29, 0.717) is 18.3 Å². The molecule has 0 amide bonds. The van der Waals surface area contributed by atoms with E-state index in [1.807, 2.05) is 6.92 Å². The SMILES string of the molecule is CCC(OC)c1noc(C(CN)OC)n1. The molecule has 15 heavy (non-hydrogen) atoms. The van der Waals surface area contributed by atoms with Crippen LogP contribution in [0.4, 0.5) is 0 Å². The van der Waals surface area contributed by atoms with Gasteiger partial charge in [0.05, 0.1) is 0 Å². The Hall–Kier alpha value is -0.980. The summed E-state index contributed by atoms with van der Waals surface area (Å²) in [6, 6.07) is 0. The molecule has 6 nitrogen and oxygen atoms in total. The Kier molecular flexibility index (Phi) is 4.67. The second-order valence-corrected chi connectivity index (χ2v) is 3.08. The lowest BCUT2D eigenvalue weighted by Gasteiger charge is -2.07. The van der Waals surface area contributed by atoms with Gasteiger partial charge in [-0.1, -0.05) is 12.1 Å². The maximum Gasteiger partial charge on any atom is 0.257 e. The van der Waals surface area contributed by atoms with Crippen LogP contribution in [-0.4, -0.2) is 30.9 Å². The zero-order valence-corrected chi connectivity index (χ0v) is 9.27. The summed E-state index contributed by atoms with van der Waals surface area (Å²) < 4.78 is 15.3. The summed E-state index contributed by atoms with van der Waals surface area (Å²) in [4.78, 5) is 4.19. The number of hydrogen-bond donors (Lipinski definition) is 1. The highest BCUT2D eigenvalue weighted by Gasteiger charge is 2.20. The van der Waals surface area contributed by atoms with E-state index in [1.165, 1.54) is 0 Å². The van der Waals surface area contributed by atoms with Crippen LogP contribution >= 0.6 is 0 Å². The van der Waals surface area contributed by atoms with Gasteiger partial charge in [-0.05, 0) is 6.42 Å². The van der Waals surface area contributed by atoms with Crippen LogP contribution in [-0.2, 0) is 9.47 Å². The van der Waals surface area contributed by atoms with Gasteiger partial charge in [0.25, 0.3) is 5.89 Å². The first-order chi connectivity index (χ1) is 7.26. The third-order valence-electron chi connectivity index (χ3n) is 2.17. The van der Waals surface area contributed by atoms with Crippen molar-refractivity contribution in [1.29, 1.82) is 0 Å². The second-order valence-electron chi connectivity index (χ2n) is 3.08. The summed E-state index contributed by atoms with van der Waals surface area (Å²) in [5.74, 6) is 0.927. The first-order valence-corrected chi connectivity index (χ1v) is 4.85. The molecule has 0 radical (unpaired) electrons. The van der Waals surface area contributed by atoms with E-state index in [9.17, 15) is 0 Å². The Morgan fingerprint density at radius 2 is 2.00 bits per heavy atom. The van der Waals surface area contributed by atoms with Gasteiger partial charge >= 0.3 is 0 Å². The Bertz CT molecular complexity index is 255. The topological polar surface area (TPSA) is 83.4 Å². The number of methoxy groups -OCH3 is 2. The molecule has 1 aromatic rings. The molecule has 1 rings (SSSR count). The van der Waals surface area contributed by atoms with Crippen LogP contribution in [0, 0.1) is 0 Å². The van der Waals surface area contributed by atoms with E-state index in [0.717, 1.165) is 6.42 Å². The molecule has 0 fully saturated rings. The van der Waals surface area contributed by atoms with Gasteiger partial charge in [0.1, 0.15) is 12.2 Å². The molecule has 1 heterocycles. The number of aromatic nitrogens is 2. The van der Waals surface area contributed by atoms with E-state index >= 15 is 0 Å². The second kappa shape index (κ2) is 5.79. The van der Waals surface area contributed by atoms with Crippen molar-refractivity contribution in [1.82, 2.24) is 10.1 Å². The van der Waals surface area contributed by atoms with Gasteiger partial charge < -0.3 is 19.7 Å². The Balaban J connectivity index is 2.78. The van der Waals surface area contributed by atoms with Crippen LogP contribution in [0.3, 0.4) is 0 Å². The molecule has 2 N–H and O–H groups in total. The molecule has 2 atom stereocenters. The smallest absolute Gasteiger partial charge is 0.257 e. The predicted octanol–water partition coefficient (Wildman–Crippen LogP) is 0.813. The molecule has 0 aliphatic heterocycles. The van der Waals surface area contributed by atoms with Crippen molar-refractivity contribution < 1.29 is 14.0 Å². The highest BCUT2D eigenvalue weighted by Crippen LogP contribution is 2.19. The van der Waals surface area contributed by atoms with Gasteiger partial charge in [-0.3, -0.25) is 0 Å². The van der Waals surface area contributed by atoms with Crippen LogP contribution in [0.1, 0.15) is 37.3 Å². The highest BCUT2D eigenvalue weighted by atomic mass is 16.5. The van der Waals surface area contributed by atoms with E-state index < -0.39 is 0 Å². The lowest BCUT2D eigenvalue weighted by atomic mass is 10.2. The summed E-state index contributed by atoms with van der Waals surface area (Å²) in [5, 5.41) is 3.83. The van der Waals surface area contributed by atoms with Gasteiger partial charge in [-0.15, -0.1) is 0 Å². The molecule has 0 saturated heterocycles. The van der Waals surface area contributed by atoms with Crippen LogP contribution in [0.15, 0.2) is 4.52 Å². The molecule has 2 unspecified atom stereocenters. The average Bonchev–Trinajstić information content (AvgIpc) is 2.71. The third kappa shape index (κ3) is 2.74. The molecule has 86 valence electrons. The van der Waals surface area contributed by atoms with Crippen LogP contribution in [0.25, 0.3) is 0 Å². The van der Waals surface area contributed by atoms with Gasteiger partial charge in [-0.2, -0.15) is 4.98 Å². The van der Waals surface area contributed by atoms with Crippen molar-refractivity contribution in [2.45, 2.75) is 25.6 Å². The van der Waals surface area contributed by atoms with Gasteiger partial charge in [-0.25, -0.2) is 0 Å². The standard InChI is InChI=1S/C9H17N3O3/c1-4-6(13-2)8-11-9(15-12-8)7(5-10)14-3/h6-7H,4-5,10H2,1-3H3. The summed E-state index contributed by atoms with van der Waals surface area (Å²) >= 11 is 0. The molecule has 0 saturated carbocycles. The molecule has 0 aromatic carbocycles. The summed E-state index contributed by atoms with van der Waals surface area (Å²) in [6.45, 7) is 2.29. The Labute approximate surface area is 88.7 Å². The monoisotopic (exact) mass is 215 g/mol. The lowest BCUT2D eigenvalue weighted by Crippen LogP contribution is -2.14. The fourth-order valence-electron chi connectivity index (χ4n) is 1.26. The number of hydrogen-bond acceptors (Lipinski definition) is 6. The number of nitrogens with zero attached hydrogens (tertiary/aromatic N) is 2. The van der Waals surface area contributed by atoms with Crippen molar-refractivity contribution >= 4 is 0 Å². The van der Waals surface area contributed by atoms with Crippen LogP contribution in [0.5, 0.6) is 0 Å². The van der Waals surface area contributed by atoms with Crippen molar-refractivity contribution in [2.75, 3.05) is 20.8 Å². The number of nitrogens with two attached hydrogens (primary N) is 1. The van der Waals surface area contributed by atoms with Gasteiger partial charge in [0, 0.05) is 20.8 Å².